The maximum atomic E-state index is 5.93. The molecule has 5 heteroatoms. The van der Waals surface area contributed by atoms with Gasteiger partial charge in [0.05, 0.1) is 4.70 Å². The van der Waals surface area contributed by atoms with Gasteiger partial charge in [-0.25, -0.2) is 4.98 Å². The van der Waals surface area contributed by atoms with E-state index >= 15 is 0 Å². The second kappa shape index (κ2) is 9.58. The van der Waals surface area contributed by atoms with Crippen molar-refractivity contribution in [2.45, 2.75) is 25.7 Å². The van der Waals surface area contributed by atoms with Crippen LogP contribution < -0.4 is 4.74 Å². The molecule has 0 spiro atoms. The standard InChI is InChI=1S/C26H27N3OS/c1-2-5-21(6-3-1)19-22-13-17-29(18-14-22)16-12-20-8-10-23(11-9-20)30-26-28-25-24(31-26)7-4-15-27-25/h1-11,15,22H,12-14,16-19H2. The van der Waals surface area contributed by atoms with Crippen molar-refractivity contribution in [2.75, 3.05) is 19.6 Å². The number of nitrogens with zero attached hydrogens (tertiary/aromatic N) is 3. The molecule has 3 heterocycles. The molecule has 0 radical (unpaired) electrons. The molecule has 0 N–H and O–H groups in total. The van der Waals surface area contributed by atoms with Gasteiger partial charge in [-0.3, -0.25) is 0 Å². The van der Waals surface area contributed by atoms with Crippen LogP contribution >= 0.6 is 11.3 Å². The summed E-state index contributed by atoms with van der Waals surface area (Å²) in [5, 5.41) is 0.639. The lowest BCUT2D eigenvalue weighted by Gasteiger charge is -2.32. The summed E-state index contributed by atoms with van der Waals surface area (Å²) >= 11 is 1.52. The van der Waals surface area contributed by atoms with Crippen LogP contribution in [-0.2, 0) is 12.8 Å². The van der Waals surface area contributed by atoms with Crippen LogP contribution in [0, 0.1) is 5.92 Å². The van der Waals surface area contributed by atoms with E-state index in [0.717, 1.165) is 35.0 Å². The average Bonchev–Trinajstić information content (AvgIpc) is 3.23. The minimum Gasteiger partial charge on any atom is -0.431 e. The SMILES string of the molecule is c1ccc(CC2CCN(CCc3ccc(Oc4nc5ncccc5s4)cc3)CC2)cc1. The highest BCUT2D eigenvalue weighted by atomic mass is 32.1. The summed E-state index contributed by atoms with van der Waals surface area (Å²) in [5.41, 5.74) is 3.57. The van der Waals surface area contributed by atoms with E-state index in [4.69, 9.17) is 4.74 Å². The predicted molar refractivity (Wildman–Crippen MR) is 127 cm³/mol. The van der Waals surface area contributed by atoms with Gasteiger partial charge in [-0.2, -0.15) is 4.98 Å². The molecule has 4 nitrogen and oxygen atoms in total. The molecule has 31 heavy (non-hydrogen) atoms. The Balaban J connectivity index is 1.08. The molecule has 158 valence electrons. The van der Waals surface area contributed by atoms with Gasteiger partial charge >= 0.3 is 0 Å². The van der Waals surface area contributed by atoms with Crippen LogP contribution in [0.1, 0.15) is 24.0 Å². The van der Waals surface area contributed by atoms with Gasteiger partial charge in [0.25, 0.3) is 5.19 Å². The number of rotatable bonds is 7. The van der Waals surface area contributed by atoms with Crippen molar-refractivity contribution in [1.29, 1.82) is 0 Å². The lowest BCUT2D eigenvalue weighted by Crippen LogP contribution is -2.35. The molecular formula is C26H27N3OS. The number of ether oxygens (including phenoxy) is 1. The summed E-state index contributed by atoms with van der Waals surface area (Å²) in [6.07, 6.45) is 6.67. The van der Waals surface area contributed by atoms with Crippen molar-refractivity contribution >= 4 is 21.7 Å². The van der Waals surface area contributed by atoms with E-state index in [1.807, 2.05) is 24.3 Å². The van der Waals surface area contributed by atoms with Gasteiger partial charge in [0.2, 0.25) is 0 Å². The Morgan fingerprint density at radius 3 is 2.48 bits per heavy atom. The van der Waals surface area contributed by atoms with Crippen molar-refractivity contribution in [1.82, 2.24) is 14.9 Å². The molecule has 0 bridgehead atoms. The highest BCUT2D eigenvalue weighted by Crippen LogP contribution is 2.30. The average molecular weight is 430 g/mol. The summed E-state index contributed by atoms with van der Waals surface area (Å²) in [4.78, 5) is 11.3. The van der Waals surface area contributed by atoms with Crippen molar-refractivity contribution in [3.8, 4) is 10.9 Å². The van der Waals surface area contributed by atoms with Crippen molar-refractivity contribution < 1.29 is 4.74 Å². The van der Waals surface area contributed by atoms with E-state index in [1.165, 1.54) is 54.8 Å². The maximum absolute atomic E-state index is 5.93. The maximum Gasteiger partial charge on any atom is 0.281 e. The molecular weight excluding hydrogens is 402 g/mol. The van der Waals surface area contributed by atoms with E-state index < -0.39 is 0 Å². The second-order valence-electron chi connectivity index (χ2n) is 8.28. The summed E-state index contributed by atoms with van der Waals surface area (Å²) in [6, 6.07) is 23.3. The minimum atomic E-state index is 0.639. The molecule has 4 aromatic rings. The number of piperidine rings is 1. The summed E-state index contributed by atoms with van der Waals surface area (Å²) in [5.74, 6) is 1.65. The van der Waals surface area contributed by atoms with Crippen LogP contribution in [0.25, 0.3) is 10.3 Å². The molecule has 0 atom stereocenters. The quantitative estimate of drug-likeness (QED) is 0.362. The number of likely N-dealkylation sites (tertiary alicyclic amines) is 1. The zero-order valence-electron chi connectivity index (χ0n) is 17.6. The Bertz CT molecular complexity index is 1070. The Kier molecular flexibility index (Phi) is 6.23. The first-order chi connectivity index (χ1) is 15.3. The van der Waals surface area contributed by atoms with Gasteiger partial charge in [0.15, 0.2) is 5.65 Å². The fourth-order valence-electron chi connectivity index (χ4n) is 4.27. The monoisotopic (exact) mass is 429 g/mol. The molecule has 1 saturated heterocycles. The largest absolute Gasteiger partial charge is 0.431 e. The summed E-state index contributed by atoms with van der Waals surface area (Å²) in [6.45, 7) is 3.55. The molecule has 0 amide bonds. The highest BCUT2D eigenvalue weighted by molar-refractivity contribution is 7.20. The molecule has 1 aliphatic rings. The molecule has 1 aliphatic heterocycles. The number of fused-ring (bicyclic) bond motifs is 1. The smallest absolute Gasteiger partial charge is 0.281 e. The third kappa shape index (κ3) is 5.30. The van der Waals surface area contributed by atoms with Crippen LogP contribution in [-0.4, -0.2) is 34.5 Å². The van der Waals surface area contributed by atoms with Gasteiger partial charge in [0, 0.05) is 12.7 Å². The minimum absolute atomic E-state index is 0.639. The summed E-state index contributed by atoms with van der Waals surface area (Å²) in [7, 11) is 0. The summed E-state index contributed by atoms with van der Waals surface area (Å²) < 4.78 is 6.97. The van der Waals surface area contributed by atoms with Crippen LogP contribution in [0.15, 0.2) is 72.9 Å². The van der Waals surface area contributed by atoms with E-state index in [9.17, 15) is 0 Å². The molecule has 1 fully saturated rings. The first-order valence-corrected chi connectivity index (χ1v) is 11.9. The number of thiazole rings is 1. The predicted octanol–water partition coefficient (Wildman–Crippen LogP) is 5.98. The Morgan fingerprint density at radius 1 is 0.903 bits per heavy atom. The van der Waals surface area contributed by atoms with Crippen LogP contribution in [0.4, 0.5) is 0 Å². The number of benzene rings is 2. The van der Waals surface area contributed by atoms with E-state index in [-0.39, 0.29) is 0 Å². The normalized spacial score (nSPS) is 15.4. The van der Waals surface area contributed by atoms with Gasteiger partial charge in [0.1, 0.15) is 5.75 Å². The van der Waals surface area contributed by atoms with Crippen LogP contribution in [0.5, 0.6) is 10.9 Å². The number of hydrogen-bond donors (Lipinski definition) is 0. The van der Waals surface area contributed by atoms with Gasteiger partial charge < -0.3 is 9.64 Å². The van der Waals surface area contributed by atoms with E-state index in [0.29, 0.717) is 5.19 Å². The van der Waals surface area contributed by atoms with Gasteiger partial charge in [-0.05, 0) is 80.1 Å². The molecule has 2 aromatic carbocycles. The molecule has 0 aliphatic carbocycles. The fourth-order valence-corrected chi connectivity index (χ4v) is 5.06. The first kappa shape index (κ1) is 20.2. The Morgan fingerprint density at radius 2 is 1.71 bits per heavy atom. The Labute approximate surface area is 187 Å². The zero-order valence-corrected chi connectivity index (χ0v) is 18.4. The fraction of sp³-hybridized carbons (Fsp3) is 0.308. The van der Waals surface area contributed by atoms with Gasteiger partial charge in [-0.1, -0.05) is 53.8 Å². The molecule has 0 unspecified atom stereocenters. The van der Waals surface area contributed by atoms with Gasteiger partial charge in [-0.15, -0.1) is 0 Å². The van der Waals surface area contributed by atoms with Crippen LogP contribution in [0.3, 0.4) is 0 Å². The third-order valence-corrected chi connectivity index (χ3v) is 6.95. The molecule has 0 saturated carbocycles. The second-order valence-corrected chi connectivity index (χ2v) is 9.27. The topological polar surface area (TPSA) is 38.2 Å². The van der Waals surface area contributed by atoms with Crippen LogP contribution in [0.2, 0.25) is 0 Å². The number of aromatic nitrogens is 2. The molecule has 5 rings (SSSR count). The highest BCUT2D eigenvalue weighted by Gasteiger charge is 2.19. The first-order valence-electron chi connectivity index (χ1n) is 11.1. The number of pyridine rings is 1. The third-order valence-electron chi connectivity index (χ3n) is 6.06. The lowest BCUT2D eigenvalue weighted by molar-refractivity contribution is 0.186. The lowest BCUT2D eigenvalue weighted by atomic mass is 9.90. The van der Waals surface area contributed by atoms with Crippen molar-refractivity contribution in [3.63, 3.8) is 0 Å². The van der Waals surface area contributed by atoms with Crippen molar-refractivity contribution in [2.24, 2.45) is 5.92 Å². The molecule has 2 aromatic heterocycles. The Hall–Kier alpha value is -2.76. The number of hydrogen-bond acceptors (Lipinski definition) is 5. The van der Waals surface area contributed by atoms with E-state index in [2.05, 4.69) is 57.3 Å². The zero-order chi connectivity index (χ0) is 20.9. The van der Waals surface area contributed by atoms with Crippen molar-refractivity contribution in [3.05, 3.63) is 84.1 Å². The van der Waals surface area contributed by atoms with E-state index in [1.54, 1.807) is 6.20 Å².